The van der Waals surface area contributed by atoms with Crippen molar-refractivity contribution in [2.75, 3.05) is 31.7 Å². The van der Waals surface area contributed by atoms with Crippen LogP contribution in [0.5, 0.6) is 5.75 Å². The van der Waals surface area contributed by atoms with E-state index in [4.69, 9.17) is 10.5 Å². The second-order valence-corrected chi connectivity index (χ2v) is 8.42. The number of nitrogens with two attached hydrogens (primary N) is 1. The quantitative estimate of drug-likeness (QED) is 0.793. The van der Waals surface area contributed by atoms with E-state index in [-0.39, 0.29) is 18.3 Å². The zero-order valence-electron chi connectivity index (χ0n) is 13.4. The van der Waals surface area contributed by atoms with Gasteiger partial charge in [0.05, 0.1) is 5.75 Å². The minimum atomic E-state index is -2.93. The molecule has 2 rings (SSSR count). The van der Waals surface area contributed by atoms with E-state index in [1.165, 1.54) is 6.26 Å². The van der Waals surface area contributed by atoms with E-state index in [9.17, 15) is 13.2 Å². The number of nitrogens with zero attached hydrogens (tertiary/aromatic N) is 1. The lowest BCUT2D eigenvalue weighted by Crippen LogP contribution is -2.37. The normalized spacial score (nSPS) is 19.4. The number of hydrogen-bond donors (Lipinski definition) is 1. The molecule has 1 amide bonds. The third kappa shape index (κ3) is 6.58. The first kappa shape index (κ1) is 17.7. The van der Waals surface area contributed by atoms with Gasteiger partial charge in [0.25, 0.3) is 5.91 Å². The van der Waals surface area contributed by atoms with Gasteiger partial charge in [-0.1, -0.05) is 12.1 Å². The zero-order chi connectivity index (χ0) is 16.9. The summed E-state index contributed by atoms with van der Waals surface area (Å²) >= 11 is 0. The van der Waals surface area contributed by atoms with Crippen LogP contribution in [0.3, 0.4) is 0 Å². The number of ether oxygens (including phenoxy) is 1. The Balaban J connectivity index is 1.93. The largest absolute Gasteiger partial charge is 0.484 e. The number of primary amides is 1. The predicted octanol–water partition coefficient (Wildman–Crippen LogP) is 0.807. The Hall–Kier alpha value is -1.60. The van der Waals surface area contributed by atoms with E-state index in [1.54, 1.807) is 6.07 Å². The number of piperidine rings is 1. The van der Waals surface area contributed by atoms with Crippen LogP contribution in [0.25, 0.3) is 0 Å². The topological polar surface area (TPSA) is 89.7 Å². The van der Waals surface area contributed by atoms with Gasteiger partial charge in [0, 0.05) is 19.3 Å². The molecule has 23 heavy (non-hydrogen) atoms. The molecule has 0 bridgehead atoms. The zero-order valence-corrected chi connectivity index (χ0v) is 14.2. The first-order chi connectivity index (χ1) is 10.8. The SMILES string of the molecule is CS(=O)(=O)C[C@H]1CCCN(Cc2cccc(OCC(N)=O)c2)C1. The van der Waals surface area contributed by atoms with Crippen LogP contribution < -0.4 is 10.5 Å². The van der Waals surface area contributed by atoms with Crippen molar-refractivity contribution in [1.29, 1.82) is 0 Å². The number of carbonyl (C=O) groups excluding carboxylic acids is 1. The van der Waals surface area contributed by atoms with E-state index >= 15 is 0 Å². The lowest BCUT2D eigenvalue weighted by molar-refractivity contribution is -0.119. The molecule has 0 unspecified atom stereocenters. The van der Waals surface area contributed by atoms with Crippen molar-refractivity contribution in [3.63, 3.8) is 0 Å². The number of benzene rings is 1. The Bertz CT molecular complexity index is 645. The van der Waals surface area contributed by atoms with Crippen molar-refractivity contribution < 1.29 is 17.9 Å². The fourth-order valence-corrected chi connectivity index (χ4v) is 4.13. The first-order valence-electron chi connectivity index (χ1n) is 7.72. The van der Waals surface area contributed by atoms with E-state index in [2.05, 4.69) is 4.90 Å². The van der Waals surface area contributed by atoms with Gasteiger partial charge in [-0.15, -0.1) is 0 Å². The fraction of sp³-hybridized carbons (Fsp3) is 0.562. The average Bonchev–Trinajstić information content (AvgIpc) is 2.44. The summed E-state index contributed by atoms with van der Waals surface area (Å²) in [6.07, 6.45) is 3.27. The maximum atomic E-state index is 11.5. The van der Waals surface area contributed by atoms with Gasteiger partial charge >= 0.3 is 0 Å². The van der Waals surface area contributed by atoms with Gasteiger partial charge in [-0.25, -0.2) is 8.42 Å². The lowest BCUT2D eigenvalue weighted by atomic mass is 9.99. The molecule has 6 nitrogen and oxygen atoms in total. The van der Waals surface area contributed by atoms with Crippen LogP contribution in [0.4, 0.5) is 0 Å². The lowest BCUT2D eigenvalue weighted by Gasteiger charge is -2.32. The summed E-state index contributed by atoms with van der Waals surface area (Å²) in [6.45, 7) is 2.36. The van der Waals surface area contributed by atoms with Gasteiger partial charge in [-0.3, -0.25) is 9.69 Å². The smallest absolute Gasteiger partial charge is 0.255 e. The highest BCUT2D eigenvalue weighted by molar-refractivity contribution is 7.90. The molecular weight excluding hydrogens is 316 g/mol. The molecule has 1 fully saturated rings. The molecule has 1 aliphatic rings. The molecular formula is C16H24N2O4S. The Morgan fingerprint density at radius 3 is 2.91 bits per heavy atom. The van der Waals surface area contributed by atoms with Crippen LogP contribution in [0.2, 0.25) is 0 Å². The second kappa shape index (κ2) is 7.79. The Kier molecular flexibility index (Phi) is 6.01. The van der Waals surface area contributed by atoms with E-state index in [1.807, 2.05) is 18.2 Å². The summed E-state index contributed by atoms with van der Waals surface area (Å²) in [5.74, 6) is 0.569. The monoisotopic (exact) mass is 340 g/mol. The highest BCUT2D eigenvalue weighted by atomic mass is 32.2. The Labute approximate surface area is 137 Å². The van der Waals surface area contributed by atoms with Crippen LogP contribution in [-0.4, -0.2) is 50.9 Å². The molecule has 1 aliphatic heterocycles. The number of carbonyl (C=O) groups is 1. The molecule has 0 spiro atoms. The van der Waals surface area contributed by atoms with E-state index in [0.29, 0.717) is 5.75 Å². The number of likely N-dealkylation sites (tertiary alicyclic amines) is 1. The van der Waals surface area contributed by atoms with Gasteiger partial charge in [-0.05, 0) is 43.0 Å². The molecule has 7 heteroatoms. The standard InChI is InChI=1S/C16H24N2O4S/c1-23(20,21)12-14-5-3-7-18(10-14)9-13-4-2-6-15(8-13)22-11-16(17)19/h2,4,6,8,14H,3,5,7,9-12H2,1H3,(H2,17,19)/t14-/m0/s1. The predicted molar refractivity (Wildman–Crippen MR) is 88.8 cm³/mol. The van der Waals surface area contributed by atoms with Crippen molar-refractivity contribution in [2.45, 2.75) is 19.4 Å². The molecule has 0 radical (unpaired) electrons. The van der Waals surface area contributed by atoms with Gasteiger partial charge in [0.1, 0.15) is 15.6 Å². The summed E-state index contributed by atoms with van der Waals surface area (Å²) in [4.78, 5) is 13.0. The third-order valence-electron chi connectivity index (χ3n) is 3.83. The average molecular weight is 340 g/mol. The minimum Gasteiger partial charge on any atom is -0.484 e. The van der Waals surface area contributed by atoms with Crippen LogP contribution in [0.1, 0.15) is 18.4 Å². The van der Waals surface area contributed by atoms with E-state index < -0.39 is 15.7 Å². The second-order valence-electron chi connectivity index (χ2n) is 6.24. The summed E-state index contributed by atoms with van der Waals surface area (Å²) in [5, 5.41) is 0. The first-order valence-corrected chi connectivity index (χ1v) is 9.78. The van der Waals surface area contributed by atoms with Crippen molar-refractivity contribution in [3.8, 4) is 5.75 Å². The number of amides is 1. The van der Waals surface area contributed by atoms with Crippen molar-refractivity contribution >= 4 is 15.7 Å². The van der Waals surface area contributed by atoms with Crippen LogP contribution in [-0.2, 0) is 21.2 Å². The molecule has 0 aromatic heterocycles. The molecule has 0 saturated carbocycles. The number of hydrogen-bond acceptors (Lipinski definition) is 5. The van der Waals surface area contributed by atoms with Gasteiger partial charge in [-0.2, -0.15) is 0 Å². The maximum Gasteiger partial charge on any atom is 0.255 e. The van der Waals surface area contributed by atoms with Gasteiger partial charge < -0.3 is 10.5 Å². The minimum absolute atomic E-state index is 0.135. The molecule has 2 N–H and O–H groups in total. The van der Waals surface area contributed by atoms with Crippen molar-refractivity contribution in [1.82, 2.24) is 4.90 Å². The number of rotatable bonds is 7. The summed E-state index contributed by atoms with van der Waals surface area (Å²) in [5.41, 5.74) is 6.15. The van der Waals surface area contributed by atoms with E-state index in [0.717, 1.165) is 38.0 Å². The van der Waals surface area contributed by atoms with Gasteiger partial charge in [0.2, 0.25) is 0 Å². The summed E-state index contributed by atoms with van der Waals surface area (Å²) in [7, 11) is -2.93. The molecule has 0 aliphatic carbocycles. The Morgan fingerprint density at radius 2 is 2.22 bits per heavy atom. The molecule has 128 valence electrons. The Morgan fingerprint density at radius 1 is 1.43 bits per heavy atom. The highest BCUT2D eigenvalue weighted by Crippen LogP contribution is 2.21. The molecule has 1 aromatic rings. The van der Waals surface area contributed by atoms with Crippen LogP contribution in [0, 0.1) is 5.92 Å². The van der Waals surface area contributed by atoms with Crippen LogP contribution >= 0.6 is 0 Å². The molecule has 1 aromatic carbocycles. The van der Waals surface area contributed by atoms with Crippen molar-refractivity contribution in [2.24, 2.45) is 11.7 Å². The van der Waals surface area contributed by atoms with Crippen LogP contribution in [0.15, 0.2) is 24.3 Å². The molecule has 1 heterocycles. The number of sulfone groups is 1. The third-order valence-corrected chi connectivity index (χ3v) is 4.90. The summed E-state index contributed by atoms with van der Waals surface area (Å²) < 4.78 is 28.2. The van der Waals surface area contributed by atoms with Gasteiger partial charge in [0.15, 0.2) is 6.61 Å². The molecule has 1 atom stereocenters. The highest BCUT2D eigenvalue weighted by Gasteiger charge is 2.23. The fourth-order valence-electron chi connectivity index (χ4n) is 3.01. The summed E-state index contributed by atoms with van der Waals surface area (Å²) in [6, 6.07) is 7.55. The molecule has 1 saturated heterocycles. The van der Waals surface area contributed by atoms with Crippen molar-refractivity contribution in [3.05, 3.63) is 29.8 Å². The maximum absolute atomic E-state index is 11.5.